The summed E-state index contributed by atoms with van der Waals surface area (Å²) in [5.41, 5.74) is 0. The van der Waals surface area contributed by atoms with Crippen LogP contribution in [0.25, 0.3) is 0 Å². The molecule has 0 bridgehead atoms. The van der Waals surface area contributed by atoms with Crippen molar-refractivity contribution in [2.45, 2.75) is 11.9 Å². The van der Waals surface area contributed by atoms with Crippen LogP contribution in [0.5, 0.6) is 0 Å². The maximum absolute atomic E-state index is 12.9. The number of rotatable bonds is 3. The minimum absolute atomic E-state index is 0.492. The van der Waals surface area contributed by atoms with Crippen LogP contribution in [0, 0.1) is 0 Å². The second-order valence-corrected chi connectivity index (χ2v) is 4.89. The number of benzene rings is 1. The Morgan fingerprint density at radius 1 is 1.36 bits per heavy atom. The summed E-state index contributed by atoms with van der Waals surface area (Å²) < 4.78 is 30.3. The molecule has 0 spiro atoms. The molecule has 0 aliphatic rings. The topological polar surface area (TPSA) is 26.3 Å². The number of alkyl halides is 2. The molecule has 0 unspecified atom stereocenters. The van der Waals surface area contributed by atoms with Crippen molar-refractivity contribution in [2.75, 3.05) is 0 Å². The SMILES string of the molecule is CC(=O)OC(F)(F)[Se]c1ccccc1. The van der Waals surface area contributed by atoms with Gasteiger partial charge in [-0.3, -0.25) is 0 Å². The van der Waals surface area contributed by atoms with E-state index in [1.807, 2.05) is 0 Å². The first kappa shape index (κ1) is 11.1. The molecule has 0 saturated heterocycles. The Labute approximate surface area is 86.4 Å². The molecule has 0 aromatic heterocycles. The molecule has 1 rings (SSSR count). The number of hydrogen-bond acceptors (Lipinski definition) is 2. The van der Waals surface area contributed by atoms with Gasteiger partial charge >= 0.3 is 86.0 Å². The van der Waals surface area contributed by atoms with Gasteiger partial charge in [-0.1, -0.05) is 0 Å². The van der Waals surface area contributed by atoms with Crippen LogP contribution in [-0.2, 0) is 9.53 Å². The van der Waals surface area contributed by atoms with Gasteiger partial charge in [-0.25, -0.2) is 0 Å². The van der Waals surface area contributed by atoms with E-state index in [1.165, 1.54) is 0 Å². The summed E-state index contributed by atoms with van der Waals surface area (Å²) in [7, 11) is 0. The van der Waals surface area contributed by atoms with Gasteiger partial charge in [0.05, 0.1) is 0 Å². The molecule has 0 fully saturated rings. The van der Waals surface area contributed by atoms with Gasteiger partial charge in [-0.2, -0.15) is 0 Å². The molecular weight excluding hydrogens is 257 g/mol. The average Bonchev–Trinajstić information content (AvgIpc) is 2.02. The molecular formula is C9H8F2O2Se. The van der Waals surface area contributed by atoms with Gasteiger partial charge in [0.1, 0.15) is 0 Å². The Morgan fingerprint density at radius 2 is 1.93 bits per heavy atom. The Balaban J connectivity index is 2.63. The molecule has 1 aromatic rings. The van der Waals surface area contributed by atoms with E-state index in [2.05, 4.69) is 4.74 Å². The standard InChI is InChI=1S/C9H8F2O2Se/c1-7(12)13-9(10,11)14-8-5-3-2-4-6-8/h2-6H,1H3. The van der Waals surface area contributed by atoms with E-state index in [9.17, 15) is 13.6 Å². The fourth-order valence-electron chi connectivity index (χ4n) is 0.814. The quantitative estimate of drug-likeness (QED) is 0.605. The first-order valence-corrected chi connectivity index (χ1v) is 5.52. The first-order chi connectivity index (χ1) is 6.49. The molecule has 0 saturated carbocycles. The van der Waals surface area contributed by atoms with Crippen LogP contribution >= 0.6 is 0 Å². The van der Waals surface area contributed by atoms with Crippen molar-refractivity contribution >= 4 is 25.4 Å². The zero-order valence-corrected chi connectivity index (χ0v) is 9.08. The molecule has 0 heterocycles. The van der Waals surface area contributed by atoms with Crippen LogP contribution in [0.3, 0.4) is 0 Å². The fraction of sp³-hybridized carbons (Fsp3) is 0.222. The number of ether oxygens (including phenoxy) is 1. The van der Waals surface area contributed by atoms with Crippen LogP contribution < -0.4 is 4.46 Å². The van der Waals surface area contributed by atoms with E-state index in [0.29, 0.717) is 4.46 Å². The van der Waals surface area contributed by atoms with Crippen molar-refractivity contribution in [1.29, 1.82) is 0 Å². The van der Waals surface area contributed by atoms with E-state index < -0.39 is 25.9 Å². The zero-order valence-electron chi connectivity index (χ0n) is 7.37. The molecule has 0 aliphatic heterocycles. The van der Waals surface area contributed by atoms with Gasteiger partial charge in [0.25, 0.3) is 0 Å². The fourth-order valence-corrected chi connectivity index (χ4v) is 2.34. The summed E-state index contributed by atoms with van der Waals surface area (Å²) >= 11 is -1.18. The van der Waals surface area contributed by atoms with Crippen LogP contribution in [-0.4, -0.2) is 25.9 Å². The van der Waals surface area contributed by atoms with Crippen molar-refractivity contribution in [3.05, 3.63) is 30.3 Å². The summed E-state index contributed by atoms with van der Waals surface area (Å²) in [6.07, 6.45) is 0. The summed E-state index contributed by atoms with van der Waals surface area (Å²) in [6, 6.07) is 8.24. The molecule has 0 atom stereocenters. The molecule has 2 nitrogen and oxygen atoms in total. The number of hydrogen-bond donors (Lipinski definition) is 0. The monoisotopic (exact) mass is 266 g/mol. The normalized spacial score (nSPS) is 11.1. The van der Waals surface area contributed by atoms with E-state index in [4.69, 9.17) is 0 Å². The Morgan fingerprint density at radius 3 is 2.43 bits per heavy atom. The predicted octanol–water partition coefficient (Wildman–Crippen LogP) is 1.13. The minimum atomic E-state index is -3.36. The number of carbonyl (C=O) groups is 1. The maximum atomic E-state index is 12.9. The molecule has 0 aliphatic carbocycles. The third-order valence-corrected chi connectivity index (χ3v) is 2.98. The van der Waals surface area contributed by atoms with Crippen molar-refractivity contribution < 1.29 is 18.3 Å². The van der Waals surface area contributed by atoms with Crippen molar-refractivity contribution in [3.8, 4) is 0 Å². The second kappa shape index (κ2) is 4.53. The van der Waals surface area contributed by atoms with Gasteiger partial charge in [0.2, 0.25) is 0 Å². The van der Waals surface area contributed by atoms with Gasteiger partial charge in [0.15, 0.2) is 0 Å². The summed E-state index contributed by atoms with van der Waals surface area (Å²) in [5.74, 6) is -0.965. The molecule has 5 heteroatoms. The van der Waals surface area contributed by atoms with Crippen molar-refractivity contribution in [3.63, 3.8) is 0 Å². The van der Waals surface area contributed by atoms with Crippen LogP contribution in [0.15, 0.2) is 30.3 Å². The number of carbonyl (C=O) groups excluding carboxylic acids is 1. The summed E-state index contributed by atoms with van der Waals surface area (Å²) in [5, 5.41) is -3.36. The van der Waals surface area contributed by atoms with Crippen LogP contribution in [0.2, 0.25) is 0 Å². The average molecular weight is 265 g/mol. The molecule has 1 aromatic carbocycles. The third kappa shape index (κ3) is 3.85. The number of esters is 1. The van der Waals surface area contributed by atoms with Crippen molar-refractivity contribution in [1.82, 2.24) is 0 Å². The molecule has 0 N–H and O–H groups in total. The molecule has 0 amide bonds. The van der Waals surface area contributed by atoms with Gasteiger partial charge in [-0.05, 0) is 0 Å². The molecule has 76 valence electrons. The van der Waals surface area contributed by atoms with Crippen LogP contribution in [0.1, 0.15) is 6.92 Å². The Hall–Kier alpha value is -0.931. The molecule has 0 radical (unpaired) electrons. The van der Waals surface area contributed by atoms with Crippen LogP contribution in [0.4, 0.5) is 8.78 Å². The zero-order chi connectivity index (χ0) is 10.6. The summed E-state index contributed by atoms with van der Waals surface area (Å²) in [6.45, 7) is 0.967. The Kier molecular flexibility index (Phi) is 3.61. The van der Waals surface area contributed by atoms with Gasteiger partial charge in [-0.15, -0.1) is 0 Å². The first-order valence-electron chi connectivity index (χ1n) is 3.81. The van der Waals surface area contributed by atoms with Crippen molar-refractivity contribution in [2.24, 2.45) is 0 Å². The second-order valence-electron chi connectivity index (χ2n) is 2.47. The summed E-state index contributed by atoms with van der Waals surface area (Å²) in [4.78, 5) is 10.4. The molecule has 14 heavy (non-hydrogen) atoms. The number of halogens is 2. The third-order valence-electron chi connectivity index (χ3n) is 1.24. The van der Waals surface area contributed by atoms with E-state index in [-0.39, 0.29) is 0 Å². The van der Waals surface area contributed by atoms with Gasteiger partial charge < -0.3 is 0 Å². The van der Waals surface area contributed by atoms with Gasteiger partial charge in [0, 0.05) is 0 Å². The Bertz CT molecular complexity index is 314. The van der Waals surface area contributed by atoms with E-state index in [1.54, 1.807) is 30.3 Å². The van der Waals surface area contributed by atoms with E-state index >= 15 is 0 Å². The predicted molar refractivity (Wildman–Crippen MR) is 48.5 cm³/mol. The van der Waals surface area contributed by atoms with E-state index in [0.717, 1.165) is 6.92 Å².